The molecule has 2 aliphatic rings. The molecule has 0 saturated heterocycles. The molecule has 5 aromatic rings. The standard InChI is InChI=1S/C39H34BrN3O4/c40-29-19-15-27(16-20-29)36-39(25-26-9-2-1-3-10-26,41-37(47-36)28-17-21-30(22-18-28)46-24-8-23-44)38(45)43-42-35-33-13-6-4-11-31(33)32-12-5-7-14-34(32)35/h1-7,9-22,35-36,42,44H,8,23-25H2,(H,43,45)/t36-,39-/m0/s1. The maximum atomic E-state index is 14.8. The summed E-state index contributed by atoms with van der Waals surface area (Å²) in [5.41, 5.74) is 12.2. The lowest BCUT2D eigenvalue weighted by molar-refractivity contribution is -0.130. The lowest BCUT2D eigenvalue weighted by Gasteiger charge is -2.31. The van der Waals surface area contributed by atoms with E-state index in [4.69, 9.17) is 19.6 Å². The maximum absolute atomic E-state index is 14.8. The molecule has 7 nitrogen and oxygen atoms in total. The van der Waals surface area contributed by atoms with Crippen molar-refractivity contribution in [2.45, 2.75) is 30.5 Å². The molecule has 47 heavy (non-hydrogen) atoms. The first-order valence-electron chi connectivity index (χ1n) is 15.7. The van der Waals surface area contributed by atoms with Crippen LogP contribution in [0.25, 0.3) is 11.1 Å². The highest BCUT2D eigenvalue weighted by molar-refractivity contribution is 9.10. The summed E-state index contributed by atoms with van der Waals surface area (Å²) in [4.78, 5) is 19.9. The number of carbonyl (C=O) groups is 1. The molecule has 0 radical (unpaired) electrons. The van der Waals surface area contributed by atoms with Crippen LogP contribution in [-0.4, -0.2) is 35.7 Å². The summed E-state index contributed by atoms with van der Waals surface area (Å²) >= 11 is 3.55. The quantitative estimate of drug-likeness (QED) is 0.102. The van der Waals surface area contributed by atoms with Gasteiger partial charge in [-0.3, -0.25) is 10.2 Å². The first-order chi connectivity index (χ1) is 23.1. The minimum Gasteiger partial charge on any atom is -0.494 e. The minimum absolute atomic E-state index is 0.0698. The van der Waals surface area contributed by atoms with E-state index in [0.717, 1.165) is 43.4 Å². The molecule has 0 fully saturated rings. The molecule has 1 amide bonds. The van der Waals surface area contributed by atoms with Gasteiger partial charge in [0.1, 0.15) is 5.75 Å². The summed E-state index contributed by atoms with van der Waals surface area (Å²) in [5, 5.41) is 9.10. The number of amides is 1. The first-order valence-corrected chi connectivity index (χ1v) is 16.5. The number of nitrogens with zero attached hydrogens (tertiary/aromatic N) is 1. The largest absolute Gasteiger partial charge is 0.494 e. The van der Waals surface area contributed by atoms with Crippen molar-refractivity contribution in [2.24, 2.45) is 4.99 Å². The van der Waals surface area contributed by atoms with E-state index in [1.165, 1.54) is 0 Å². The zero-order valence-electron chi connectivity index (χ0n) is 25.6. The maximum Gasteiger partial charge on any atom is 0.266 e. The molecule has 0 aromatic heterocycles. The highest BCUT2D eigenvalue weighted by Crippen LogP contribution is 2.45. The second kappa shape index (κ2) is 13.5. The highest BCUT2D eigenvalue weighted by Gasteiger charge is 2.53. The Bertz CT molecular complexity index is 1850. The number of hydrazine groups is 1. The van der Waals surface area contributed by atoms with Gasteiger partial charge < -0.3 is 14.6 Å². The molecule has 5 aromatic carbocycles. The van der Waals surface area contributed by atoms with Gasteiger partial charge in [-0.2, -0.15) is 0 Å². The molecule has 7 rings (SSSR count). The molecule has 0 unspecified atom stereocenters. The number of aliphatic hydroxyl groups is 1. The van der Waals surface area contributed by atoms with Crippen LogP contribution in [0.4, 0.5) is 0 Å². The average Bonchev–Trinajstić information content (AvgIpc) is 3.65. The van der Waals surface area contributed by atoms with E-state index in [2.05, 4.69) is 51.0 Å². The Morgan fingerprint density at radius 1 is 0.830 bits per heavy atom. The zero-order valence-corrected chi connectivity index (χ0v) is 27.2. The third-order valence-electron chi connectivity index (χ3n) is 8.68. The smallest absolute Gasteiger partial charge is 0.266 e. The van der Waals surface area contributed by atoms with Crippen LogP contribution in [0, 0.1) is 0 Å². The molecule has 3 N–H and O–H groups in total. The number of fused-ring (bicyclic) bond motifs is 3. The lowest BCUT2D eigenvalue weighted by atomic mass is 9.82. The molecule has 1 aliphatic heterocycles. The number of hydrogen-bond donors (Lipinski definition) is 3. The van der Waals surface area contributed by atoms with Gasteiger partial charge >= 0.3 is 0 Å². The van der Waals surface area contributed by atoms with Crippen molar-refractivity contribution in [1.29, 1.82) is 0 Å². The number of ether oxygens (including phenoxy) is 2. The molecule has 236 valence electrons. The van der Waals surface area contributed by atoms with Gasteiger partial charge in [0, 0.05) is 29.5 Å². The predicted octanol–water partition coefficient (Wildman–Crippen LogP) is 7.10. The van der Waals surface area contributed by atoms with E-state index < -0.39 is 11.6 Å². The van der Waals surface area contributed by atoms with Crippen LogP contribution < -0.4 is 15.6 Å². The molecule has 0 bridgehead atoms. The number of benzene rings is 5. The Morgan fingerprint density at radius 2 is 1.47 bits per heavy atom. The Kier molecular flexibility index (Phi) is 8.89. The number of hydrogen-bond acceptors (Lipinski definition) is 6. The predicted molar refractivity (Wildman–Crippen MR) is 186 cm³/mol. The molecule has 1 aliphatic carbocycles. The molecular formula is C39H34BrN3O4. The number of aliphatic imine (C=N–C) groups is 1. The third kappa shape index (κ3) is 6.20. The van der Waals surface area contributed by atoms with Crippen LogP contribution >= 0.6 is 15.9 Å². The van der Waals surface area contributed by atoms with Crippen LogP contribution in [0.5, 0.6) is 5.75 Å². The number of aliphatic hydroxyl groups excluding tert-OH is 1. The number of halogens is 1. The van der Waals surface area contributed by atoms with Gasteiger partial charge in [-0.15, -0.1) is 0 Å². The van der Waals surface area contributed by atoms with Crippen molar-refractivity contribution >= 4 is 27.7 Å². The fraction of sp³-hybridized carbons (Fsp3) is 0.179. The van der Waals surface area contributed by atoms with Gasteiger partial charge in [-0.25, -0.2) is 10.4 Å². The molecule has 2 atom stereocenters. The summed E-state index contributed by atoms with van der Waals surface area (Å²) < 4.78 is 13.3. The fourth-order valence-corrected chi connectivity index (χ4v) is 6.65. The van der Waals surface area contributed by atoms with Crippen molar-refractivity contribution in [3.05, 3.63) is 160 Å². The van der Waals surface area contributed by atoms with Crippen LogP contribution in [0.15, 0.2) is 137 Å². The van der Waals surface area contributed by atoms with Gasteiger partial charge in [0.05, 0.1) is 12.6 Å². The highest BCUT2D eigenvalue weighted by atomic mass is 79.9. The number of rotatable bonds is 11. The molecule has 8 heteroatoms. The van der Waals surface area contributed by atoms with Crippen molar-refractivity contribution in [3.8, 4) is 16.9 Å². The average molecular weight is 689 g/mol. The Hall–Kier alpha value is -4.76. The minimum atomic E-state index is -1.34. The van der Waals surface area contributed by atoms with Crippen LogP contribution in [0.1, 0.15) is 46.4 Å². The van der Waals surface area contributed by atoms with Gasteiger partial charge in [0.2, 0.25) is 5.90 Å². The van der Waals surface area contributed by atoms with E-state index in [1.807, 2.05) is 103 Å². The fourth-order valence-electron chi connectivity index (χ4n) is 6.38. The van der Waals surface area contributed by atoms with E-state index in [0.29, 0.717) is 31.1 Å². The SMILES string of the molecule is O=C(NNC1c2ccccc2-c2ccccc21)[C@@]1(Cc2ccccc2)N=C(c2ccc(OCCCO)cc2)O[C@H]1c1ccc(Br)cc1. The van der Waals surface area contributed by atoms with Gasteiger partial charge in [-0.1, -0.05) is 107 Å². The van der Waals surface area contributed by atoms with E-state index in [9.17, 15) is 4.79 Å². The van der Waals surface area contributed by atoms with Crippen molar-refractivity contribution < 1.29 is 19.4 Å². The summed E-state index contributed by atoms with van der Waals surface area (Å²) in [6.45, 7) is 0.489. The Balaban J connectivity index is 1.26. The van der Waals surface area contributed by atoms with Crippen LogP contribution in [0.2, 0.25) is 0 Å². The second-order valence-electron chi connectivity index (χ2n) is 11.7. The summed E-state index contributed by atoms with van der Waals surface area (Å²) in [6, 6.07) is 41.5. The monoisotopic (exact) mass is 687 g/mol. The Labute approximate surface area is 282 Å². The topological polar surface area (TPSA) is 92.2 Å². The number of carbonyl (C=O) groups excluding carboxylic acids is 1. The van der Waals surface area contributed by atoms with Crippen LogP contribution in [-0.2, 0) is 16.0 Å². The molecule has 0 spiro atoms. The van der Waals surface area contributed by atoms with Crippen LogP contribution in [0.3, 0.4) is 0 Å². The van der Waals surface area contributed by atoms with E-state index in [-0.39, 0.29) is 18.6 Å². The molecule has 1 heterocycles. The summed E-state index contributed by atoms with van der Waals surface area (Å²) in [7, 11) is 0. The summed E-state index contributed by atoms with van der Waals surface area (Å²) in [5.74, 6) is 0.762. The van der Waals surface area contributed by atoms with Crippen molar-refractivity contribution in [3.63, 3.8) is 0 Å². The van der Waals surface area contributed by atoms with Crippen molar-refractivity contribution in [2.75, 3.05) is 13.2 Å². The summed E-state index contributed by atoms with van der Waals surface area (Å²) in [6.07, 6.45) is 0.151. The Morgan fingerprint density at radius 3 is 2.13 bits per heavy atom. The second-order valence-corrected chi connectivity index (χ2v) is 12.6. The van der Waals surface area contributed by atoms with Crippen molar-refractivity contribution in [1.82, 2.24) is 10.9 Å². The number of nitrogens with one attached hydrogen (secondary N) is 2. The van der Waals surface area contributed by atoms with Gasteiger partial charge in [0.25, 0.3) is 5.91 Å². The molecule has 0 saturated carbocycles. The van der Waals surface area contributed by atoms with E-state index in [1.54, 1.807) is 0 Å². The van der Waals surface area contributed by atoms with Gasteiger partial charge in [-0.05, 0) is 69.8 Å². The zero-order chi connectivity index (χ0) is 32.2. The normalized spacial score (nSPS) is 18.2. The van der Waals surface area contributed by atoms with E-state index >= 15 is 0 Å². The van der Waals surface area contributed by atoms with Gasteiger partial charge in [0.15, 0.2) is 11.6 Å². The first kappa shape index (κ1) is 30.9. The molecular weight excluding hydrogens is 654 g/mol. The third-order valence-corrected chi connectivity index (χ3v) is 9.21. The lowest BCUT2D eigenvalue weighted by Crippen LogP contribution is -2.54.